The third-order valence-corrected chi connectivity index (χ3v) is 5.48. The molecule has 0 saturated heterocycles. The van der Waals surface area contributed by atoms with E-state index in [9.17, 15) is 4.39 Å². The standard InChI is InChI=1S/C23H21FN6O2/c1-2-10-31-23(8-9-23)16-13-26-22(27-21(16)25)19-12-20(18-7-11-32-29-18)30(28-19)14-15-5-3-4-6-17(15)24/h2-7,11-13H,1,8-10,14H2,(H2,25,26,27). The molecule has 1 aliphatic carbocycles. The highest BCUT2D eigenvalue weighted by Crippen LogP contribution is 2.50. The van der Waals surface area contributed by atoms with Crippen molar-refractivity contribution in [3.05, 3.63) is 78.5 Å². The van der Waals surface area contributed by atoms with Crippen molar-refractivity contribution < 1.29 is 13.7 Å². The van der Waals surface area contributed by atoms with E-state index in [0.29, 0.717) is 40.9 Å². The van der Waals surface area contributed by atoms with Crippen LogP contribution in [0.1, 0.15) is 24.0 Å². The maximum Gasteiger partial charge on any atom is 0.182 e. The SMILES string of the molecule is C=CCOC1(c2cnc(-c3cc(-c4ccon4)n(Cc4ccccc4F)n3)nc2N)CC1. The van der Waals surface area contributed by atoms with Crippen molar-refractivity contribution in [2.24, 2.45) is 0 Å². The first kappa shape index (κ1) is 20.1. The van der Waals surface area contributed by atoms with Gasteiger partial charge in [-0.2, -0.15) is 5.10 Å². The highest BCUT2D eigenvalue weighted by Gasteiger charge is 2.47. The van der Waals surface area contributed by atoms with Crippen LogP contribution in [-0.4, -0.2) is 31.5 Å². The van der Waals surface area contributed by atoms with E-state index in [-0.39, 0.29) is 12.4 Å². The number of ether oxygens (including phenoxy) is 1. The van der Waals surface area contributed by atoms with Crippen molar-refractivity contribution in [2.75, 3.05) is 12.3 Å². The summed E-state index contributed by atoms with van der Waals surface area (Å²) >= 11 is 0. The van der Waals surface area contributed by atoms with Crippen LogP contribution in [0.5, 0.6) is 0 Å². The Hall–Kier alpha value is -3.85. The molecule has 9 heteroatoms. The molecule has 3 aromatic heterocycles. The molecule has 162 valence electrons. The van der Waals surface area contributed by atoms with E-state index in [1.807, 2.05) is 0 Å². The van der Waals surface area contributed by atoms with Crippen molar-refractivity contribution in [3.8, 4) is 22.9 Å². The molecule has 4 aromatic rings. The molecule has 8 nitrogen and oxygen atoms in total. The number of benzene rings is 1. The van der Waals surface area contributed by atoms with Crippen LogP contribution >= 0.6 is 0 Å². The zero-order valence-corrected chi connectivity index (χ0v) is 17.2. The molecule has 1 saturated carbocycles. The van der Waals surface area contributed by atoms with Gasteiger partial charge in [0, 0.05) is 23.4 Å². The van der Waals surface area contributed by atoms with Gasteiger partial charge in [-0.3, -0.25) is 4.68 Å². The monoisotopic (exact) mass is 432 g/mol. The van der Waals surface area contributed by atoms with Gasteiger partial charge < -0.3 is 15.0 Å². The smallest absolute Gasteiger partial charge is 0.182 e. The van der Waals surface area contributed by atoms with Crippen LogP contribution in [0.25, 0.3) is 22.9 Å². The number of halogens is 1. The fraction of sp³-hybridized carbons (Fsp3) is 0.217. The molecule has 5 rings (SSSR count). The lowest BCUT2D eigenvalue weighted by molar-refractivity contribution is 0.0509. The van der Waals surface area contributed by atoms with Crippen molar-refractivity contribution in [1.29, 1.82) is 0 Å². The van der Waals surface area contributed by atoms with Crippen LogP contribution in [-0.2, 0) is 16.9 Å². The highest BCUT2D eigenvalue weighted by atomic mass is 19.1. The Bertz CT molecular complexity index is 1260. The second kappa shape index (κ2) is 8.01. The lowest BCUT2D eigenvalue weighted by atomic mass is 10.1. The summed E-state index contributed by atoms with van der Waals surface area (Å²) in [6.07, 6.45) is 6.60. The van der Waals surface area contributed by atoms with E-state index >= 15 is 0 Å². The van der Waals surface area contributed by atoms with Crippen molar-refractivity contribution in [1.82, 2.24) is 24.9 Å². The predicted molar refractivity (Wildman–Crippen MR) is 116 cm³/mol. The van der Waals surface area contributed by atoms with Gasteiger partial charge in [0.2, 0.25) is 0 Å². The minimum absolute atomic E-state index is 0.209. The van der Waals surface area contributed by atoms with Crippen LogP contribution in [0.3, 0.4) is 0 Å². The molecule has 1 aromatic carbocycles. The van der Waals surface area contributed by atoms with E-state index in [0.717, 1.165) is 18.4 Å². The molecule has 32 heavy (non-hydrogen) atoms. The summed E-state index contributed by atoms with van der Waals surface area (Å²) in [6, 6.07) is 10.1. The average Bonchev–Trinajstić information content (AvgIpc) is 3.19. The Morgan fingerprint density at radius 1 is 1.25 bits per heavy atom. The Labute approximate surface area is 183 Å². The molecule has 0 atom stereocenters. The van der Waals surface area contributed by atoms with Gasteiger partial charge in [0.1, 0.15) is 29.3 Å². The van der Waals surface area contributed by atoms with Crippen molar-refractivity contribution in [2.45, 2.75) is 25.0 Å². The van der Waals surface area contributed by atoms with Gasteiger partial charge in [-0.1, -0.05) is 29.4 Å². The minimum atomic E-state index is -0.438. The van der Waals surface area contributed by atoms with E-state index in [4.69, 9.17) is 15.0 Å². The summed E-state index contributed by atoms with van der Waals surface area (Å²) in [6.45, 7) is 4.34. The zero-order valence-electron chi connectivity index (χ0n) is 17.2. The highest BCUT2D eigenvalue weighted by molar-refractivity contribution is 5.63. The second-order valence-corrected chi connectivity index (χ2v) is 7.64. The first-order chi connectivity index (χ1) is 15.6. The van der Waals surface area contributed by atoms with Gasteiger partial charge in [-0.05, 0) is 25.0 Å². The molecule has 1 aliphatic rings. The average molecular weight is 432 g/mol. The number of hydrogen-bond donors (Lipinski definition) is 1. The Morgan fingerprint density at radius 3 is 2.78 bits per heavy atom. The molecule has 0 aliphatic heterocycles. The van der Waals surface area contributed by atoms with Gasteiger partial charge >= 0.3 is 0 Å². The van der Waals surface area contributed by atoms with Crippen molar-refractivity contribution >= 4 is 5.82 Å². The fourth-order valence-corrected chi connectivity index (χ4v) is 3.68. The Kier molecular flexibility index (Phi) is 5.02. The number of nitrogens with two attached hydrogens (primary N) is 1. The topological polar surface area (TPSA) is 105 Å². The summed E-state index contributed by atoms with van der Waals surface area (Å²) in [5, 5.41) is 8.61. The number of rotatable bonds is 8. The van der Waals surface area contributed by atoms with Crippen LogP contribution in [0.15, 0.2) is 66.0 Å². The first-order valence-corrected chi connectivity index (χ1v) is 10.2. The molecule has 1 fully saturated rings. The Balaban J connectivity index is 1.51. The number of nitrogens with zero attached hydrogens (tertiary/aromatic N) is 5. The lowest BCUT2D eigenvalue weighted by Gasteiger charge is -2.17. The summed E-state index contributed by atoms with van der Waals surface area (Å²) in [5.74, 6) is 0.403. The molecular weight excluding hydrogens is 411 g/mol. The van der Waals surface area contributed by atoms with Crippen LogP contribution in [0.2, 0.25) is 0 Å². The normalized spacial score (nSPS) is 14.4. The van der Waals surface area contributed by atoms with Gasteiger partial charge in [0.05, 0.1) is 24.4 Å². The first-order valence-electron chi connectivity index (χ1n) is 10.2. The number of anilines is 1. The number of hydrogen-bond acceptors (Lipinski definition) is 7. The maximum atomic E-state index is 14.2. The molecule has 2 N–H and O–H groups in total. The van der Waals surface area contributed by atoms with Gasteiger partial charge in [0.25, 0.3) is 0 Å². The third-order valence-electron chi connectivity index (χ3n) is 5.48. The van der Waals surface area contributed by atoms with E-state index in [1.54, 1.807) is 47.3 Å². The van der Waals surface area contributed by atoms with Crippen LogP contribution < -0.4 is 5.73 Å². The maximum absolute atomic E-state index is 14.2. The summed E-state index contributed by atoms with van der Waals surface area (Å²) in [7, 11) is 0. The van der Waals surface area contributed by atoms with Crippen LogP contribution in [0, 0.1) is 5.82 Å². The van der Waals surface area contributed by atoms with Gasteiger partial charge in [0.15, 0.2) is 5.82 Å². The number of nitrogen functional groups attached to an aromatic ring is 1. The molecule has 0 unspecified atom stereocenters. The quantitative estimate of drug-likeness (QED) is 0.420. The van der Waals surface area contributed by atoms with Crippen LogP contribution in [0.4, 0.5) is 10.2 Å². The largest absolute Gasteiger partial charge is 0.383 e. The molecule has 0 bridgehead atoms. The summed E-state index contributed by atoms with van der Waals surface area (Å²) in [4.78, 5) is 8.98. The second-order valence-electron chi connectivity index (χ2n) is 7.64. The third kappa shape index (κ3) is 3.67. The molecule has 0 spiro atoms. The Morgan fingerprint density at radius 2 is 2.09 bits per heavy atom. The fourth-order valence-electron chi connectivity index (χ4n) is 3.68. The van der Waals surface area contributed by atoms with E-state index in [2.05, 4.69) is 26.8 Å². The van der Waals surface area contributed by atoms with Gasteiger partial charge in [-0.15, -0.1) is 6.58 Å². The molecular formula is C23H21FN6O2. The van der Waals surface area contributed by atoms with E-state index in [1.165, 1.54) is 12.3 Å². The summed E-state index contributed by atoms with van der Waals surface area (Å²) < 4.78 is 26.8. The van der Waals surface area contributed by atoms with E-state index < -0.39 is 5.60 Å². The predicted octanol–water partition coefficient (Wildman–Crippen LogP) is 3.96. The number of aromatic nitrogens is 5. The summed E-state index contributed by atoms with van der Waals surface area (Å²) in [5.41, 5.74) is 8.81. The molecule has 0 amide bonds. The zero-order chi connectivity index (χ0) is 22.1. The lowest BCUT2D eigenvalue weighted by Crippen LogP contribution is -2.16. The minimum Gasteiger partial charge on any atom is -0.383 e. The molecule has 3 heterocycles. The molecule has 0 radical (unpaired) electrons. The van der Waals surface area contributed by atoms with Crippen molar-refractivity contribution in [3.63, 3.8) is 0 Å². The van der Waals surface area contributed by atoms with Gasteiger partial charge in [-0.25, -0.2) is 14.4 Å².